The van der Waals surface area contributed by atoms with Gasteiger partial charge in [0, 0.05) is 24.2 Å². The Balaban J connectivity index is 2.42. The molecule has 1 aromatic carbocycles. The number of amides is 1. The number of nitro groups is 1. The maximum Gasteiger partial charge on any atom is 0.270 e. The van der Waals surface area contributed by atoms with Crippen molar-refractivity contribution in [1.29, 1.82) is 0 Å². The molecule has 0 N–H and O–H groups in total. The van der Waals surface area contributed by atoms with Crippen LogP contribution < -0.4 is 4.74 Å². The lowest BCUT2D eigenvalue weighted by atomic mass is 10.1. The molecule has 22 heavy (non-hydrogen) atoms. The summed E-state index contributed by atoms with van der Waals surface area (Å²) in [6, 6.07) is 4.20. The lowest BCUT2D eigenvalue weighted by Crippen LogP contribution is -2.27. The molecule has 0 radical (unpaired) electrons. The molecular weight excluding hydrogens is 324 g/mol. The van der Waals surface area contributed by atoms with Gasteiger partial charge < -0.3 is 4.74 Å². The van der Waals surface area contributed by atoms with Crippen molar-refractivity contribution in [2.45, 2.75) is 0 Å². The van der Waals surface area contributed by atoms with Crippen LogP contribution in [0.15, 0.2) is 35.8 Å². The zero-order chi connectivity index (χ0) is 16.3. The van der Waals surface area contributed by atoms with E-state index < -0.39 is 4.92 Å². The number of hydrogen-bond acceptors (Lipinski definition) is 6. The molecule has 1 amide bonds. The van der Waals surface area contributed by atoms with Gasteiger partial charge in [0.25, 0.3) is 11.6 Å². The number of carbonyl (C=O) groups excluding carboxylic acids is 1. The Morgan fingerprint density at radius 2 is 2.27 bits per heavy atom. The number of hydrogen-bond donors (Lipinski definition) is 0. The van der Waals surface area contributed by atoms with E-state index >= 15 is 0 Å². The predicted octanol–water partition coefficient (Wildman–Crippen LogP) is 2.99. The molecule has 8 heteroatoms. The lowest BCUT2D eigenvalue weighted by Gasteiger charge is -2.10. The molecule has 114 valence electrons. The quantitative estimate of drug-likeness (QED) is 0.271. The average molecular weight is 336 g/mol. The van der Waals surface area contributed by atoms with Gasteiger partial charge in [-0.2, -0.15) is 0 Å². The van der Waals surface area contributed by atoms with Gasteiger partial charge in [0.2, 0.25) is 0 Å². The monoisotopic (exact) mass is 336 g/mol. The highest BCUT2D eigenvalue weighted by molar-refractivity contribution is 8.26. The number of benzene rings is 1. The predicted molar refractivity (Wildman–Crippen MR) is 89.7 cm³/mol. The van der Waals surface area contributed by atoms with Crippen LogP contribution in [0.4, 0.5) is 5.69 Å². The molecule has 1 aromatic rings. The highest BCUT2D eigenvalue weighted by Gasteiger charge is 2.31. The van der Waals surface area contributed by atoms with Gasteiger partial charge in [0.05, 0.1) is 16.9 Å². The van der Waals surface area contributed by atoms with E-state index in [-0.39, 0.29) is 11.6 Å². The van der Waals surface area contributed by atoms with Crippen molar-refractivity contribution in [3.05, 3.63) is 51.4 Å². The van der Waals surface area contributed by atoms with E-state index in [9.17, 15) is 14.9 Å². The van der Waals surface area contributed by atoms with Crippen molar-refractivity contribution in [2.75, 3.05) is 13.7 Å². The summed E-state index contributed by atoms with van der Waals surface area (Å²) in [7, 11) is 1.46. The number of methoxy groups -OCH3 is 1. The fourth-order valence-electron chi connectivity index (χ4n) is 1.88. The third-order valence-electron chi connectivity index (χ3n) is 2.90. The van der Waals surface area contributed by atoms with Gasteiger partial charge in [-0.1, -0.05) is 30.1 Å². The zero-order valence-electron chi connectivity index (χ0n) is 11.6. The van der Waals surface area contributed by atoms with Crippen LogP contribution in [-0.4, -0.2) is 33.7 Å². The standard InChI is InChI=1S/C14H12N2O4S2/c1-3-6-15-13(17)12(22-14(15)21)8-9-7-10(16(18)19)4-5-11(9)20-2/h3-5,7-8H,1,6H2,2H3/b12-8-. The van der Waals surface area contributed by atoms with Gasteiger partial charge in [0.1, 0.15) is 10.1 Å². The molecular formula is C14H12N2O4S2. The molecule has 1 saturated heterocycles. The summed E-state index contributed by atoms with van der Waals surface area (Å²) in [6.45, 7) is 3.91. The highest BCUT2D eigenvalue weighted by atomic mass is 32.2. The van der Waals surface area contributed by atoms with E-state index in [4.69, 9.17) is 17.0 Å². The summed E-state index contributed by atoms with van der Waals surface area (Å²) < 4.78 is 5.61. The van der Waals surface area contributed by atoms with Gasteiger partial charge >= 0.3 is 0 Å². The second kappa shape index (κ2) is 6.71. The molecule has 1 aliphatic rings. The molecule has 1 heterocycles. The summed E-state index contributed by atoms with van der Waals surface area (Å²) in [4.78, 5) is 24.4. The summed E-state index contributed by atoms with van der Waals surface area (Å²) in [5.74, 6) is 0.197. The first kappa shape index (κ1) is 16.2. The molecule has 6 nitrogen and oxygen atoms in total. The van der Waals surface area contributed by atoms with Crippen molar-refractivity contribution >= 4 is 46.0 Å². The van der Waals surface area contributed by atoms with Crippen molar-refractivity contribution in [1.82, 2.24) is 4.90 Å². The maximum absolute atomic E-state index is 12.3. The van der Waals surface area contributed by atoms with Crippen LogP contribution in [0.25, 0.3) is 6.08 Å². The third kappa shape index (κ3) is 3.18. The SMILES string of the molecule is C=CCN1C(=O)/C(=C/c2cc([N+](=O)[O-])ccc2OC)SC1=S. The number of rotatable bonds is 5. The number of thioether (sulfide) groups is 1. The van der Waals surface area contributed by atoms with Crippen LogP contribution in [0.2, 0.25) is 0 Å². The van der Waals surface area contributed by atoms with E-state index in [0.717, 1.165) is 11.8 Å². The molecule has 0 aliphatic carbocycles. The van der Waals surface area contributed by atoms with E-state index in [1.54, 1.807) is 12.2 Å². The van der Waals surface area contributed by atoms with E-state index in [2.05, 4.69) is 6.58 Å². The first-order valence-corrected chi connectivity index (χ1v) is 7.39. The summed E-state index contributed by atoms with van der Waals surface area (Å²) in [5, 5.41) is 10.9. The number of ether oxygens (including phenoxy) is 1. The molecule has 0 saturated carbocycles. The fourth-order valence-corrected chi connectivity index (χ4v) is 3.14. The third-order valence-corrected chi connectivity index (χ3v) is 4.27. The smallest absolute Gasteiger partial charge is 0.270 e. The second-order valence-corrected chi connectivity index (χ2v) is 5.94. The molecule has 2 rings (SSSR count). The first-order valence-electron chi connectivity index (χ1n) is 6.16. The van der Waals surface area contributed by atoms with Crippen LogP contribution in [0.5, 0.6) is 5.75 Å². The Bertz CT molecular complexity index is 700. The fraction of sp³-hybridized carbons (Fsp3) is 0.143. The Morgan fingerprint density at radius 3 is 2.86 bits per heavy atom. The van der Waals surface area contributed by atoms with Crippen LogP contribution >= 0.6 is 24.0 Å². The summed E-state index contributed by atoms with van der Waals surface area (Å²) >= 11 is 6.29. The molecule has 0 aromatic heterocycles. The Kier molecular flexibility index (Phi) is 4.94. The highest BCUT2D eigenvalue weighted by Crippen LogP contribution is 2.35. The minimum absolute atomic E-state index is 0.0754. The van der Waals surface area contributed by atoms with Gasteiger partial charge in [0.15, 0.2) is 0 Å². The molecule has 0 unspecified atom stereocenters. The van der Waals surface area contributed by atoms with Crippen LogP contribution in [-0.2, 0) is 4.79 Å². The Morgan fingerprint density at radius 1 is 1.55 bits per heavy atom. The topological polar surface area (TPSA) is 72.7 Å². The van der Waals surface area contributed by atoms with Gasteiger partial charge in [-0.25, -0.2) is 0 Å². The zero-order valence-corrected chi connectivity index (χ0v) is 13.3. The van der Waals surface area contributed by atoms with Crippen molar-refractivity contribution in [3.63, 3.8) is 0 Å². The molecule has 0 bridgehead atoms. The second-order valence-electron chi connectivity index (χ2n) is 4.26. The summed E-state index contributed by atoms with van der Waals surface area (Å²) in [6.07, 6.45) is 3.13. The van der Waals surface area contributed by atoms with Crippen LogP contribution in [0.1, 0.15) is 5.56 Å². The van der Waals surface area contributed by atoms with Gasteiger partial charge in [-0.3, -0.25) is 19.8 Å². The minimum Gasteiger partial charge on any atom is -0.496 e. The van der Waals surface area contributed by atoms with Crippen LogP contribution in [0, 0.1) is 10.1 Å². The van der Waals surface area contributed by atoms with E-state index in [1.807, 2.05) is 0 Å². The largest absolute Gasteiger partial charge is 0.496 e. The number of carbonyl (C=O) groups is 1. The number of nitro benzene ring substituents is 1. The van der Waals surface area contributed by atoms with E-state index in [0.29, 0.717) is 27.1 Å². The average Bonchev–Trinajstić information content (AvgIpc) is 2.75. The lowest BCUT2D eigenvalue weighted by molar-refractivity contribution is -0.384. The summed E-state index contributed by atoms with van der Waals surface area (Å²) in [5.41, 5.74) is 0.379. The molecule has 0 atom stereocenters. The van der Waals surface area contributed by atoms with Gasteiger partial charge in [-0.05, 0) is 12.1 Å². The number of non-ortho nitro benzene ring substituents is 1. The Labute approximate surface area is 136 Å². The molecule has 0 spiro atoms. The van der Waals surface area contributed by atoms with E-state index in [1.165, 1.54) is 30.2 Å². The minimum atomic E-state index is -0.500. The van der Waals surface area contributed by atoms with Crippen molar-refractivity contribution in [3.8, 4) is 5.75 Å². The van der Waals surface area contributed by atoms with Crippen molar-refractivity contribution in [2.24, 2.45) is 0 Å². The van der Waals surface area contributed by atoms with Crippen molar-refractivity contribution < 1.29 is 14.5 Å². The number of thiocarbonyl (C=S) groups is 1. The molecule has 1 fully saturated rings. The normalized spacial score (nSPS) is 16.2. The first-order chi connectivity index (χ1) is 10.5. The number of nitrogens with zero attached hydrogens (tertiary/aromatic N) is 2. The van der Waals surface area contributed by atoms with Gasteiger partial charge in [-0.15, -0.1) is 6.58 Å². The maximum atomic E-state index is 12.3. The van der Waals surface area contributed by atoms with Crippen LogP contribution in [0.3, 0.4) is 0 Å². The molecule has 1 aliphatic heterocycles. The Hall–Kier alpha value is -2.19.